The molecule has 0 atom stereocenters. The van der Waals surface area contributed by atoms with Crippen LogP contribution in [0, 0.1) is 5.92 Å². The van der Waals surface area contributed by atoms with E-state index in [0.717, 1.165) is 11.7 Å². The van der Waals surface area contributed by atoms with E-state index < -0.39 is 0 Å². The van der Waals surface area contributed by atoms with E-state index in [0.29, 0.717) is 18.0 Å². The summed E-state index contributed by atoms with van der Waals surface area (Å²) in [4.78, 5) is 2.62. The molecule has 0 aromatic carbocycles. The van der Waals surface area contributed by atoms with Crippen LogP contribution in [0.1, 0.15) is 78.1 Å². The Kier molecular flexibility index (Phi) is 6.60. The summed E-state index contributed by atoms with van der Waals surface area (Å²) in [6, 6.07) is 1.41. The Labute approximate surface area is 130 Å². The van der Waals surface area contributed by atoms with Gasteiger partial charge in [-0.1, -0.05) is 52.4 Å². The van der Waals surface area contributed by atoms with Gasteiger partial charge in [-0.05, 0) is 43.8 Å². The van der Waals surface area contributed by atoms with Gasteiger partial charge in [0.1, 0.15) is 0 Å². The number of nitrogens with one attached hydrogen (secondary N) is 1. The molecule has 2 aliphatic rings. The van der Waals surface area contributed by atoms with Gasteiger partial charge in [0, 0.05) is 18.6 Å². The molecule has 0 aromatic rings. The molecule has 0 aromatic heterocycles. The molecule has 0 bridgehead atoms. The molecule has 0 saturated heterocycles. The molecule has 0 radical (unpaired) electrons. The quantitative estimate of drug-likeness (QED) is 0.770. The molecule has 0 spiro atoms. The van der Waals surface area contributed by atoms with Crippen molar-refractivity contribution >= 4 is 17.3 Å². The second-order valence-corrected chi connectivity index (χ2v) is 7.46. The molecule has 2 fully saturated rings. The van der Waals surface area contributed by atoms with Gasteiger partial charge in [0.2, 0.25) is 0 Å². The predicted molar refractivity (Wildman–Crippen MR) is 91.0 cm³/mol. The first-order valence-electron chi connectivity index (χ1n) is 8.74. The van der Waals surface area contributed by atoms with Crippen LogP contribution in [0.3, 0.4) is 0 Å². The van der Waals surface area contributed by atoms with Gasteiger partial charge < -0.3 is 10.2 Å². The van der Waals surface area contributed by atoms with E-state index in [2.05, 4.69) is 24.1 Å². The zero-order valence-corrected chi connectivity index (χ0v) is 14.2. The molecule has 1 N–H and O–H groups in total. The molecule has 2 saturated carbocycles. The van der Waals surface area contributed by atoms with Crippen LogP contribution < -0.4 is 5.32 Å². The summed E-state index contributed by atoms with van der Waals surface area (Å²) in [5, 5.41) is 4.57. The SMILES string of the molecule is CC(C)CNC(=S)N(C1CCCCC1)C1CCCCC1. The van der Waals surface area contributed by atoms with E-state index in [-0.39, 0.29) is 0 Å². The monoisotopic (exact) mass is 296 g/mol. The average Bonchev–Trinajstić information content (AvgIpc) is 2.48. The van der Waals surface area contributed by atoms with Crippen molar-refractivity contribution in [2.75, 3.05) is 6.54 Å². The summed E-state index contributed by atoms with van der Waals surface area (Å²) >= 11 is 5.77. The van der Waals surface area contributed by atoms with Gasteiger partial charge >= 0.3 is 0 Å². The van der Waals surface area contributed by atoms with Crippen LogP contribution in [0.25, 0.3) is 0 Å². The lowest BCUT2D eigenvalue weighted by Gasteiger charge is -2.43. The summed E-state index contributed by atoms with van der Waals surface area (Å²) in [5.74, 6) is 0.660. The van der Waals surface area contributed by atoms with E-state index in [4.69, 9.17) is 12.2 Å². The van der Waals surface area contributed by atoms with Gasteiger partial charge in [-0.15, -0.1) is 0 Å². The number of nitrogens with zero attached hydrogens (tertiary/aromatic N) is 1. The van der Waals surface area contributed by atoms with Crippen LogP contribution in [-0.4, -0.2) is 28.6 Å². The van der Waals surface area contributed by atoms with Gasteiger partial charge in [-0.2, -0.15) is 0 Å². The first-order chi connectivity index (χ1) is 9.68. The predicted octanol–water partition coefficient (Wildman–Crippen LogP) is 4.48. The molecule has 0 aliphatic heterocycles. The Hall–Kier alpha value is -0.310. The lowest BCUT2D eigenvalue weighted by atomic mass is 9.89. The molecule has 0 amide bonds. The third-order valence-electron chi connectivity index (χ3n) is 4.83. The van der Waals surface area contributed by atoms with Crippen molar-refractivity contribution < 1.29 is 0 Å². The smallest absolute Gasteiger partial charge is 0.169 e. The Balaban J connectivity index is 1.99. The number of rotatable bonds is 4. The van der Waals surface area contributed by atoms with Crippen molar-refractivity contribution in [3.8, 4) is 0 Å². The Morgan fingerprint density at radius 3 is 1.80 bits per heavy atom. The normalized spacial score (nSPS) is 21.9. The van der Waals surface area contributed by atoms with Crippen molar-refractivity contribution in [2.45, 2.75) is 90.1 Å². The fourth-order valence-corrected chi connectivity index (χ4v) is 4.11. The summed E-state index contributed by atoms with van der Waals surface area (Å²) in [6.07, 6.45) is 13.8. The first-order valence-corrected chi connectivity index (χ1v) is 9.15. The zero-order valence-electron chi connectivity index (χ0n) is 13.4. The highest BCUT2D eigenvalue weighted by Gasteiger charge is 2.30. The van der Waals surface area contributed by atoms with Gasteiger partial charge in [-0.3, -0.25) is 0 Å². The van der Waals surface area contributed by atoms with Crippen molar-refractivity contribution in [3.63, 3.8) is 0 Å². The molecule has 2 aliphatic carbocycles. The third kappa shape index (κ3) is 4.61. The van der Waals surface area contributed by atoms with Crippen LogP contribution in [0.2, 0.25) is 0 Å². The summed E-state index contributed by atoms with van der Waals surface area (Å²) in [5.41, 5.74) is 0. The molecular weight excluding hydrogens is 264 g/mol. The van der Waals surface area contributed by atoms with Crippen LogP contribution >= 0.6 is 12.2 Å². The molecule has 0 heterocycles. The van der Waals surface area contributed by atoms with Crippen LogP contribution in [0.4, 0.5) is 0 Å². The summed E-state index contributed by atoms with van der Waals surface area (Å²) < 4.78 is 0. The highest BCUT2D eigenvalue weighted by Crippen LogP contribution is 2.30. The fourth-order valence-electron chi connectivity index (χ4n) is 3.73. The standard InChI is InChI=1S/C17H32N2S/c1-14(2)13-18-17(20)19(15-9-5-3-6-10-15)16-11-7-4-8-12-16/h14-16H,3-13H2,1-2H3,(H,18,20). The molecule has 0 unspecified atom stereocenters. The topological polar surface area (TPSA) is 15.3 Å². The zero-order chi connectivity index (χ0) is 14.4. The van der Waals surface area contributed by atoms with Crippen LogP contribution in [0.5, 0.6) is 0 Å². The lowest BCUT2D eigenvalue weighted by Crippen LogP contribution is -2.53. The van der Waals surface area contributed by atoms with Gasteiger partial charge in [0.25, 0.3) is 0 Å². The Morgan fingerprint density at radius 2 is 1.40 bits per heavy atom. The van der Waals surface area contributed by atoms with Gasteiger partial charge in [-0.25, -0.2) is 0 Å². The van der Waals surface area contributed by atoms with E-state index in [1.807, 2.05) is 0 Å². The maximum Gasteiger partial charge on any atom is 0.169 e. The molecule has 2 rings (SSSR count). The maximum absolute atomic E-state index is 5.77. The van der Waals surface area contributed by atoms with Crippen molar-refractivity contribution in [2.24, 2.45) is 5.92 Å². The highest BCUT2D eigenvalue weighted by atomic mass is 32.1. The number of hydrogen-bond donors (Lipinski definition) is 1. The molecular formula is C17H32N2S. The highest BCUT2D eigenvalue weighted by molar-refractivity contribution is 7.80. The Morgan fingerprint density at radius 1 is 0.950 bits per heavy atom. The maximum atomic E-state index is 5.77. The van der Waals surface area contributed by atoms with E-state index >= 15 is 0 Å². The summed E-state index contributed by atoms with van der Waals surface area (Å²) in [7, 11) is 0. The van der Waals surface area contributed by atoms with Crippen molar-refractivity contribution in [1.29, 1.82) is 0 Å². The minimum atomic E-state index is 0.660. The Bertz CT molecular complexity index is 273. The second-order valence-electron chi connectivity index (χ2n) is 7.07. The van der Waals surface area contributed by atoms with E-state index in [1.54, 1.807) is 0 Å². The van der Waals surface area contributed by atoms with Gasteiger partial charge in [0.05, 0.1) is 0 Å². The average molecular weight is 297 g/mol. The second kappa shape index (κ2) is 8.21. The fraction of sp³-hybridized carbons (Fsp3) is 0.941. The largest absolute Gasteiger partial charge is 0.362 e. The molecule has 20 heavy (non-hydrogen) atoms. The van der Waals surface area contributed by atoms with Crippen molar-refractivity contribution in [1.82, 2.24) is 10.2 Å². The van der Waals surface area contributed by atoms with Crippen LogP contribution in [-0.2, 0) is 0 Å². The molecule has 3 heteroatoms. The number of thiocarbonyl (C=S) groups is 1. The molecule has 2 nitrogen and oxygen atoms in total. The van der Waals surface area contributed by atoms with Gasteiger partial charge in [0.15, 0.2) is 5.11 Å². The lowest BCUT2D eigenvalue weighted by molar-refractivity contribution is 0.155. The van der Waals surface area contributed by atoms with Crippen LogP contribution in [0.15, 0.2) is 0 Å². The van der Waals surface area contributed by atoms with E-state index in [9.17, 15) is 0 Å². The molecule has 116 valence electrons. The minimum Gasteiger partial charge on any atom is -0.362 e. The van der Waals surface area contributed by atoms with E-state index in [1.165, 1.54) is 64.2 Å². The minimum absolute atomic E-state index is 0.660. The first kappa shape index (κ1) is 16.1. The van der Waals surface area contributed by atoms with Crippen molar-refractivity contribution in [3.05, 3.63) is 0 Å². The summed E-state index contributed by atoms with van der Waals surface area (Å²) in [6.45, 7) is 5.51. The number of hydrogen-bond acceptors (Lipinski definition) is 1. The third-order valence-corrected chi connectivity index (χ3v) is 5.19.